The Bertz CT molecular complexity index is 1100. The lowest BCUT2D eigenvalue weighted by atomic mass is 10.1. The van der Waals surface area contributed by atoms with Gasteiger partial charge in [-0.25, -0.2) is 4.79 Å². The van der Waals surface area contributed by atoms with Crippen molar-refractivity contribution < 1.29 is 9.59 Å². The van der Waals surface area contributed by atoms with Gasteiger partial charge in [-0.15, -0.1) is 0 Å². The Hall–Kier alpha value is -3.51. The summed E-state index contributed by atoms with van der Waals surface area (Å²) in [6.07, 6.45) is 0. The highest BCUT2D eigenvalue weighted by Gasteiger charge is 2.22. The number of halogens is 1. The second-order valence-corrected chi connectivity index (χ2v) is 8.10. The van der Waals surface area contributed by atoms with Crippen LogP contribution in [0.15, 0.2) is 78.9 Å². The molecule has 6 nitrogen and oxygen atoms in total. The minimum atomic E-state index is -0.170. The van der Waals surface area contributed by atoms with E-state index in [4.69, 9.17) is 11.6 Å². The first kappa shape index (κ1) is 21.7. The molecule has 1 saturated heterocycles. The number of hydrogen-bond acceptors (Lipinski definition) is 3. The number of piperazine rings is 1. The highest BCUT2D eigenvalue weighted by molar-refractivity contribution is 6.30. The predicted molar refractivity (Wildman–Crippen MR) is 130 cm³/mol. The molecule has 3 aromatic rings. The van der Waals surface area contributed by atoms with Crippen molar-refractivity contribution in [2.75, 3.05) is 48.3 Å². The smallest absolute Gasteiger partial charge is 0.321 e. The largest absolute Gasteiger partial charge is 0.368 e. The second kappa shape index (κ2) is 9.75. The van der Waals surface area contributed by atoms with Gasteiger partial charge < -0.3 is 20.0 Å². The molecular weight excluding hydrogens is 424 g/mol. The monoisotopic (exact) mass is 448 g/mol. The molecule has 7 heteroatoms. The summed E-state index contributed by atoms with van der Waals surface area (Å²) in [6.45, 7) is 2.67. The van der Waals surface area contributed by atoms with Crippen LogP contribution in [0.25, 0.3) is 0 Å². The molecule has 0 spiro atoms. The molecule has 0 unspecified atom stereocenters. The number of para-hydroxylation sites is 1. The average molecular weight is 449 g/mol. The van der Waals surface area contributed by atoms with Crippen LogP contribution in [0.2, 0.25) is 5.02 Å². The Balaban J connectivity index is 1.36. The first-order chi connectivity index (χ1) is 15.5. The number of benzene rings is 3. The lowest BCUT2D eigenvalue weighted by Crippen LogP contribution is -2.50. The van der Waals surface area contributed by atoms with Crippen molar-refractivity contribution >= 4 is 40.6 Å². The normalized spacial score (nSPS) is 13.6. The molecule has 0 aromatic heterocycles. The lowest BCUT2D eigenvalue weighted by Gasteiger charge is -2.36. The SMILES string of the molecule is CN(C(=O)c1cccc(NC(=O)N2CCN(c3cccc(Cl)c3)CC2)c1)c1ccccc1. The van der Waals surface area contributed by atoms with E-state index >= 15 is 0 Å². The van der Waals surface area contributed by atoms with Crippen LogP contribution in [0.5, 0.6) is 0 Å². The molecule has 1 N–H and O–H groups in total. The summed E-state index contributed by atoms with van der Waals surface area (Å²) in [5.41, 5.74) is 2.98. The van der Waals surface area contributed by atoms with Gasteiger partial charge in [0.15, 0.2) is 0 Å². The second-order valence-electron chi connectivity index (χ2n) is 7.66. The minimum absolute atomic E-state index is 0.137. The fourth-order valence-corrected chi connectivity index (χ4v) is 3.92. The standard InChI is InChI=1S/C25H25ClN4O2/c1-28(22-10-3-2-4-11-22)24(31)19-7-5-9-21(17-19)27-25(32)30-15-13-29(14-16-30)23-12-6-8-20(26)18-23/h2-12,17-18H,13-16H2,1H3,(H,27,32). The van der Waals surface area contributed by atoms with Gasteiger partial charge in [0, 0.05) is 60.9 Å². The van der Waals surface area contributed by atoms with Gasteiger partial charge in [-0.2, -0.15) is 0 Å². The third kappa shape index (κ3) is 5.03. The molecule has 4 rings (SSSR count). The van der Waals surface area contributed by atoms with E-state index in [1.807, 2.05) is 54.6 Å². The number of rotatable bonds is 4. The average Bonchev–Trinajstić information content (AvgIpc) is 2.84. The molecule has 3 amide bonds. The Morgan fingerprint density at radius 3 is 2.31 bits per heavy atom. The van der Waals surface area contributed by atoms with E-state index in [-0.39, 0.29) is 11.9 Å². The maximum Gasteiger partial charge on any atom is 0.321 e. The van der Waals surface area contributed by atoms with Gasteiger partial charge in [0.25, 0.3) is 5.91 Å². The number of anilines is 3. The van der Waals surface area contributed by atoms with Crippen LogP contribution in [0.3, 0.4) is 0 Å². The fraction of sp³-hybridized carbons (Fsp3) is 0.200. The van der Waals surface area contributed by atoms with E-state index in [2.05, 4.69) is 10.2 Å². The van der Waals surface area contributed by atoms with Crippen molar-refractivity contribution in [3.8, 4) is 0 Å². The molecule has 0 radical (unpaired) electrons. The molecule has 3 aromatic carbocycles. The van der Waals surface area contributed by atoms with Crippen LogP contribution in [0.4, 0.5) is 21.9 Å². The van der Waals surface area contributed by atoms with Gasteiger partial charge in [0.05, 0.1) is 0 Å². The molecule has 32 heavy (non-hydrogen) atoms. The zero-order valence-corrected chi connectivity index (χ0v) is 18.6. The van der Waals surface area contributed by atoms with Crippen LogP contribution in [-0.2, 0) is 0 Å². The predicted octanol–water partition coefficient (Wildman–Crippen LogP) is 4.97. The van der Waals surface area contributed by atoms with Crippen LogP contribution in [-0.4, -0.2) is 50.1 Å². The summed E-state index contributed by atoms with van der Waals surface area (Å²) in [7, 11) is 1.74. The molecule has 0 aliphatic carbocycles. The van der Waals surface area contributed by atoms with Crippen LogP contribution in [0.1, 0.15) is 10.4 Å². The summed E-state index contributed by atoms with van der Waals surface area (Å²) in [6, 6.07) is 24.1. The van der Waals surface area contributed by atoms with Gasteiger partial charge in [-0.1, -0.05) is 41.9 Å². The van der Waals surface area contributed by atoms with Crippen molar-refractivity contribution in [2.24, 2.45) is 0 Å². The van der Waals surface area contributed by atoms with Crippen molar-refractivity contribution in [1.82, 2.24) is 4.90 Å². The fourth-order valence-electron chi connectivity index (χ4n) is 3.74. The zero-order chi connectivity index (χ0) is 22.5. The van der Waals surface area contributed by atoms with E-state index < -0.39 is 0 Å². The topological polar surface area (TPSA) is 55.9 Å². The van der Waals surface area contributed by atoms with Gasteiger partial charge in [-0.3, -0.25) is 4.79 Å². The highest BCUT2D eigenvalue weighted by Crippen LogP contribution is 2.22. The van der Waals surface area contributed by atoms with Crippen LogP contribution < -0.4 is 15.1 Å². The molecule has 0 atom stereocenters. The molecule has 1 heterocycles. The summed E-state index contributed by atoms with van der Waals surface area (Å²) in [4.78, 5) is 31.2. The highest BCUT2D eigenvalue weighted by atomic mass is 35.5. The molecule has 164 valence electrons. The Labute approximate surface area is 193 Å². The number of amides is 3. The molecular formula is C25H25ClN4O2. The van der Waals surface area contributed by atoms with E-state index in [1.165, 1.54) is 0 Å². The Kier molecular flexibility index (Phi) is 6.61. The van der Waals surface area contributed by atoms with E-state index in [9.17, 15) is 9.59 Å². The van der Waals surface area contributed by atoms with E-state index in [0.29, 0.717) is 29.4 Å². The number of carbonyl (C=O) groups is 2. The van der Waals surface area contributed by atoms with Gasteiger partial charge in [0.2, 0.25) is 0 Å². The summed E-state index contributed by atoms with van der Waals surface area (Å²) >= 11 is 6.09. The van der Waals surface area contributed by atoms with E-state index in [0.717, 1.165) is 24.5 Å². The van der Waals surface area contributed by atoms with Crippen molar-refractivity contribution in [1.29, 1.82) is 0 Å². The summed E-state index contributed by atoms with van der Waals surface area (Å²) < 4.78 is 0. The molecule has 1 aliphatic heterocycles. The van der Waals surface area contributed by atoms with Crippen molar-refractivity contribution in [2.45, 2.75) is 0 Å². The lowest BCUT2D eigenvalue weighted by molar-refractivity contribution is 0.0993. The quantitative estimate of drug-likeness (QED) is 0.613. The van der Waals surface area contributed by atoms with Crippen LogP contribution in [0, 0.1) is 0 Å². The Morgan fingerprint density at radius 2 is 1.59 bits per heavy atom. The van der Waals surface area contributed by atoms with Crippen molar-refractivity contribution in [3.05, 3.63) is 89.4 Å². The van der Waals surface area contributed by atoms with Crippen LogP contribution >= 0.6 is 11.6 Å². The first-order valence-corrected chi connectivity index (χ1v) is 10.9. The third-order valence-electron chi connectivity index (χ3n) is 5.55. The number of nitrogens with zero attached hydrogens (tertiary/aromatic N) is 3. The van der Waals surface area contributed by atoms with Gasteiger partial charge >= 0.3 is 6.03 Å². The number of urea groups is 1. The number of nitrogens with one attached hydrogen (secondary N) is 1. The van der Waals surface area contributed by atoms with Crippen molar-refractivity contribution in [3.63, 3.8) is 0 Å². The van der Waals surface area contributed by atoms with E-state index in [1.54, 1.807) is 41.1 Å². The minimum Gasteiger partial charge on any atom is -0.368 e. The van der Waals surface area contributed by atoms with Gasteiger partial charge in [-0.05, 0) is 48.5 Å². The number of hydrogen-bond donors (Lipinski definition) is 1. The summed E-state index contributed by atoms with van der Waals surface area (Å²) in [5.74, 6) is -0.137. The molecule has 0 saturated carbocycles. The molecule has 1 fully saturated rings. The first-order valence-electron chi connectivity index (χ1n) is 10.5. The maximum absolute atomic E-state index is 12.9. The maximum atomic E-state index is 12.9. The number of carbonyl (C=O) groups excluding carboxylic acids is 2. The van der Waals surface area contributed by atoms with Gasteiger partial charge in [0.1, 0.15) is 0 Å². The molecule has 1 aliphatic rings. The Morgan fingerprint density at radius 1 is 0.875 bits per heavy atom. The molecule has 0 bridgehead atoms. The zero-order valence-electron chi connectivity index (χ0n) is 17.9. The summed E-state index contributed by atoms with van der Waals surface area (Å²) in [5, 5.41) is 3.63. The third-order valence-corrected chi connectivity index (χ3v) is 5.78.